The highest BCUT2D eigenvalue weighted by Crippen LogP contribution is 2.31. The zero-order valence-corrected chi connectivity index (χ0v) is 45.7. The van der Waals surface area contributed by atoms with Crippen LogP contribution in [0.5, 0.6) is 5.75 Å². The highest BCUT2D eigenvalue weighted by molar-refractivity contribution is 6.76. The van der Waals surface area contributed by atoms with Crippen molar-refractivity contribution in [1.82, 2.24) is 20.9 Å². The molecule has 0 heterocycles. The summed E-state index contributed by atoms with van der Waals surface area (Å²) in [7, 11) is 0.897. The van der Waals surface area contributed by atoms with E-state index in [1.165, 1.54) is 13.1 Å². The smallest absolute Gasteiger partial charge is 0.408 e. The van der Waals surface area contributed by atoms with Gasteiger partial charge in [-0.25, -0.2) is 28.4 Å². The van der Waals surface area contributed by atoms with E-state index in [0.29, 0.717) is 28.5 Å². The lowest BCUT2D eigenvalue weighted by atomic mass is 9.95. The van der Waals surface area contributed by atoms with Crippen LogP contribution < -0.4 is 20.7 Å². The van der Waals surface area contributed by atoms with Crippen LogP contribution in [0, 0.1) is 5.82 Å². The Hall–Kier alpha value is -7.73. The number of benzene rings is 5. The van der Waals surface area contributed by atoms with Crippen molar-refractivity contribution in [2.45, 2.75) is 116 Å². The molecule has 0 spiro atoms. The molecule has 0 saturated carbocycles. The van der Waals surface area contributed by atoms with Crippen LogP contribution in [0.15, 0.2) is 127 Å². The van der Waals surface area contributed by atoms with Crippen LogP contribution in [0.1, 0.15) is 61.4 Å². The van der Waals surface area contributed by atoms with Gasteiger partial charge in [-0.1, -0.05) is 123 Å². The van der Waals surface area contributed by atoms with Gasteiger partial charge < -0.3 is 49.3 Å². The minimum Gasteiger partial charge on any atom is -0.489 e. The van der Waals surface area contributed by atoms with E-state index in [4.69, 9.17) is 28.4 Å². The first-order valence-corrected chi connectivity index (χ1v) is 28.9. The third-order valence-corrected chi connectivity index (χ3v) is 13.5. The zero-order valence-electron chi connectivity index (χ0n) is 44.7. The van der Waals surface area contributed by atoms with E-state index in [1.54, 1.807) is 51.1 Å². The number of carbonyl (C=O) groups excluding carboxylic acids is 6. The zero-order chi connectivity index (χ0) is 55.3. The predicted octanol–water partition coefficient (Wildman–Crippen LogP) is 9.93. The number of ether oxygens (including phenoxy) is 6. The topological polar surface area (TPSA) is 197 Å². The molecule has 5 aromatic carbocycles. The van der Waals surface area contributed by atoms with Crippen LogP contribution in [0.2, 0.25) is 25.7 Å². The van der Waals surface area contributed by atoms with E-state index in [-0.39, 0.29) is 64.2 Å². The molecule has 0 bridgehead atoms. The van der Waals surface area contributed by atoms with Crippen molar-refractivity contribution in [3.8, 4) is 16.9 Å². The SMILES string of the molecule is COC(=O)[C@H](Cc1cc(-c2ccc(OCc3ccccc3)c(C[C@H](NC(=O)OCc3ccccc3)C(=O)OCC[Si](C)(C)C)c2)ccc1F)N(C)C(=O)[C@@H](CCCNC(=O)OCc1ccccc1)NC(=O)OC(C)(C)C. The lowest BCUT2D eigenvalue weighted by molar-refractivity contribution is -0.152. The number of hydrogen-bond donors (Lipinski definition) is 3. The Morgan fingerprint density at radius 2 is 1.17 bits per heavy atom. The normalized spacial score (nSPS) is 12.4. The lowest BCUT2D eigenvalue weighted by Gasteiger charge is -2.31. The number of esters is 2. The number of methoxy groups -OCH3 is 1. The van der Waals surface area contributed by atoms with E-state index < -0.39 is 73.7 Å². The summed E-state index contributed by atoms with van der Waals surface area (Å²) in [5.74, 6) is -2.47. The van der Waals surface area contributed by atoms with Crippen LogP contribution in [0.4, 0.5) is 18.8 Å². The summed E-state index contributed by atoms with van der Waals surface area (Å²) in [6, 6.07) is 34.2. The Labute approximate surface area is 445 Å². The Bertz CT molecular complexity index is 2700. The van der Waals surface area contributed by atoms with E-state index in [0.717, 1.165) is 28.7 Å². The summed E-state index contributed by atoms with van der Waals surface area (Å²) >= 11 is 0. The van der Waals surface area contributed by atoms with Crippen molar-refractivity contribution in [3.63, 3.8) is 0 Å². The van der Waals surface area contributed by atoms with Crippen molar-refractivity contribution in [2.24, 2.45) is 0 Å². The molecule has 5 rings (SSSR count). The number of likely N-dealkylation sites (N-methyl/N-ethyl adjacent to an activating group) is 1. The van der Waals surface area contributed by atoms with Crippen LogP contribution in [0.25, 0.3) is 11.1 Å². The van der Waals surface area contributed by atoms with Crippen LogP contribution in [-0.4, -0.2) is 100 Å². The summed E-state index contributed by atoms with van der Waals surface area (Å²) < 4.78 is 49.6. The van der Waals surface area contributed by atoms with Crippen molar-refractivity contribution in [3.05, 3.63) is 161 Å². The largest absolute Gasteiger partial charge is 0.489 e. The van der Waals surface area contributed by atoms with Gasteiger partial charge in [-0.05, 0) is 103 Å². The molecule has 0 radical (unpaired) electrons. The molecule has 0 aliphatic carbocycles. The molecule has 76 heavy (non-hydrogen) atoms. The third-order valence-electron chi connectivity index (χ3n) is 11.8. The molecule has 0 saturated heterocycles. The van der Waals surface area contributed by atoms with Gasteiger partial charge in [-0.3, -0.25) is 4.79 Å². The number of alkyl carbamates (subject to hydrolysis) is 3. The van der Waals surface area contributed by atoms with Gasteiger partial charge in [0.15, 0.2) is 0 Å². The molecule has 0 aromatic heterocycles. The molecular formula is C58H71FN4O12Si. The minimum absolute atomic E-state index is 0.00789. The Kier molecular flexibility index (Phi) is 22.4. The van der Waals surface area contributed by atoms with Crippen molar-refractivity contribution >= 4 is 44.2 Å². The number of nitrogens with zero attached hydrogens (tertiary/aromatic N) is 1. The first-order chi connectivity index (χ1) is 36.2. The van der Waals surface area contributed by atoms with Crippen LogP contribution in [-0.2, 0) is 70.7 Å². The molecule has 406 valence electrons. The average Bonchev–Trinajstić information content (AvgIpc) is 3.39. The molecular weight excluding hydrogens is 992 g/mol. The summed E-state index contributed by atoms with van der Waals surface area (Å²) in [5.41, 5.74) is 3.17. The van der Waals surface area contributed by atoms with Gasteiger partial charge in [-0.15, -0.1) is 0 Å². The monoisotopic (exact) mass is 1060 g/mol. The van der Waals surface area contributed by atoms with Crippen LogP contribution >= 0.6 is 0 Å². The Balaban J connectivity index is 1.41. The predicted molar refractivity (Wildman–Crippen MR) is 288 cm³/mol. The number of rotatable bonds is 25. The first kappa shape index (κ1) is 59.1. The number of carbonyl (C=O) groups is 6. The van der Waals surface area contributed by atoms with E-state index in [2.05, 4.69) is 35.6 Å². The fourth-order valence-corrected chi connectivity index (χ4v) is 8.40. The second-order valence-corrected chi connectivity index (χ2v) is 26.0. The molecule has 3 N–H and O–H groups in total. The number of amides is 4. The fourth-order valence-electron chi connectivity index (χ4n) is 7.68. The van der Waals surface area contributed by atoms with Gasteiger partial charge >= 0.3 is 30.2 Å². The molecule has 16 nitrogen and oxygen atoms in total. The molecule has 0 fully saturated rings. The summed E-state index contributed by atoms with van der Waals surface area (Å²) in [4.78, 5) is 81.7. The van der Waals surface area contributed by atoms with Crippen LogP contribution in [0.3, 0.4) is 0 Å². The molecule has 4 amide bonds. The third kappa shape index (κ3) is 20.2. The van der Waals surface area contributed by atoms with E-state index in [9.17, 15) is 28.8 Å². The molecule has 18 heteroatoms. The maximum atomic E-state index is 16.0. The van der Waals surface area contributed by atoms with Gasteiger partial charge in [0.2, 0.25) is 5.91 Å². The van der Waals surface area contributed by atoms with Gasteiger partial charge in [0.1, 0.15) is 55.1 Å². The number of hydrogen-bond acceptors (Lipinski definition) is 12. The number of halogens is 1. The quantitative estimate of drug-likeness (QED) is 0.0217. The number of nitrogens with one attached hydrogen (secondary N) is 3. The maximum absolute atomic E-state index is 16.0. The molecule has 0 aliphatic heterocycles. The molecule has 0 aliphatic rings. The minimum atomic E-state index is -1.61. The Morgan fingerprint density at radius 3 is 1.74 bits per heavy atom. The molecule has 0 unspecified atom stereocenters. The van der Waals surface area contributed by atoms with Gasteiger partial charge in [-0.2, -0.15) is 0 Å². The Morgan fingerprint density at radius 1 is 0.632 bits per heavy atom. The van der Waals surface area contributed by atoms with Crippen molar-refractivity contribution < 1.29 is 61.6 Å². The standard InChI is InChI=1S/C58H71FN4O12Si/c1-58(2,3)75-57(69)61-48(25-18-30-60-55(67)73-38-41-21-14-10-15-22-41)52(64)63(4)50(54(66)70-5)36-45-33-43(26-28-47(45)59)44-27-29-51(72-37-40-19-12-9-13-20-40)46(34-44)35-49(53(65)71-31-32-76(6,7)8)62-56(68)74-39-42-23-16-11-17-24-42/h9-17,19-24,26-29,33-34,48-50H,18,25,30-32,35-39H2,1-8H3,(H,60,67)(H,61,69)(H,62,68)/t48-,49+,50+/m1/s1. The van der Waals surface area contributed by atoms with Gasteiger partial charge in [0, 0.05) is 34.5 Å². The highest BCUT2D eigenvalue weighted by atomic mass is 28.3. The van der Waals surface area contributed by atoms with Crippen molar-refractivity contribution in [1.29, 1.82) is 0 Å². The van der Waals surface area contributed by atoms with Gasteiger partial charge in [0.05, 0.1) is 13.7 Å². The summed E-state index contributed by atoms with van der Waals surface area (Å²) in [6.07, 6.45) is -2.60. The van der Waals surface area contributed by atoms with Crippen molar-refractivity contribution in [2.75, 3.05) is 27.3 Å². The fraction of sp³-hybridized carbons (Fsp3) is 0.379. The molecule has 3 atom stereocenters. The second-order valence-electron chi connectivity index (χ2n) is 20.4. The maximum Gasteiger partial charge on any atom is 0.408 e. The summed E-state index contributed by atoms with van der Waals surface area (Å²) in [6.45, 7) is 11.9. The highest BCUT2D eigenvalue weighted by Gasteiger charge is 2.35. The van der Waals surface area contributed by atoms with E-state index >= 15 is 4.39 Å². The first-order valence-electron chi connectivity index (χ1n) is 25.2. The van der Waals surface area contributed by atoms with Gasteiger partial charge in [0.25, 0.3) is 0 Å². The molecule has 5 aromatic rings. The summed E-state index contributed by atoms with van der Waals surface area (Å²) in [5, 5.41) is 7.96. The lowest BCUT2D eigenvalue weighted by Crippen LogP contribution is -2.54. The second kappa shape index (κ2) is 28.8. The average molecular weight is 1060 g/mol. The van der Waals surface area contributed by atoms with E-state index in [1.807, 2.05) is 91.0 Å².